The van der Waals surface area contributed by atoms with Crippen LogP contribution in [0, 0.1) is 11.7 Å². The molecule has 2 aliphatic rings. The number of rotatable bonds is 5. The average molecular weight is 523 g/mol. The molecule has 1 saturated heterocycles. The van der Waals surface area contributed by atoms with Crippen LogP contribution in [0.3, 0.4) is 0 Å². The van der Waals surface area contributed by atoms with Crippen molar-refractivity contribution in [2.75, 3.05) is 18.4 Å². The first kappa shape index (κ1) is 23.0. The molecule has 1 amide bonds. The molecule has 36 heavy (non-hydrogen) atoms. The Labute approximate surface area is 217 Å². The number of aromatic nitrogens is 2. The number of hydrogen-bond acceptors (Lipinski definition) is 5. The van der Waals surface area contributed by atoms with Crippen molar-refractivity contribution in [1.82, 2.24) is 14.9 Å². The second kappa shape index (κ2) is 8.91. The molecule has 9 heteroatoms. The van der Waals surface area contributed by atoms with Crippen molar-refractivity contribution >= 4 is 51.7 Å². The fourth-order valence-electron chi connectivity index (χ4n) is 5.10. The summed E-state index contributed by atoms with van der Waals surface area (Å²) in [5.41, 5.74) is 2.83. The molecule has 4 aromatic rings. The number of likely N-dealkylation sites (tertiary alicyclic amines) is 1. The quantitative estimate of drug-likeness (QED) is 0.294. The highest BCUT2D eigenvalue weighted by atomic mass is 35.5. The minimum Gasteiger partial charge on any atom is -0.445 e. The van der Waals surface area contributed by atoms with E-state index in [1.165, 1.54) is 18.5 Å². The monoisotopic (exact) mass is 522 g/mol. The van der Waals surface area contributed by atoms with Gasteiger partial charge in [0, 0.05) is 23.9 Å². The highest BCUT2D eigenvalue weighted by Gasteiger charge is 2.62. The topological polar surface area (TPSA) is 67.3 Å². The highest BCUT2D eigenvalue weighted by Crippen LogP contribution is 2.59. The van der Waals surface area contributed by atoms with Crippen molar-refractivity contribution in [3.63, 3.8) is 0 Å². The van der Waals surface area contributed by atoms with Crippen molar-refractivity contribution in [2.45, 2.75) is 18.4 Å². The van der Waals surface area contributed by atoms with Gasteiger partial charge in [-0.2, -0.15) is 0 Å². The number of hydrogen-bond donors (Lipinski definition) is 1. The van der Waals surface area contributed by atoms with E-state index >= 15 is 0 Å². The molecule has 2 atom stereocenters. The average Bonchev–Trinajstić information content (AvgIpc) is 3.48. The lowest BCUT2D eigenvalue weighted by Crippen LogP contribution is -2.33. The number of halogens is 3. The van der Waals surface area contributed by atoms with Gasteiger partial charge in [-0.1, -0.05) is 59.6 Å². The zero-order valence-corrected chi connectivity index (χ0v) is 20.6. The van der Waals surface area contributed by atoms with Gasteiger partial charge in [0.05, 0.1) is 21.2 Å². The van der Waals surface area contributed by atoms with E-state index in [4.69, 9.17) is 27.9 Å². The molecular formula is C27H21Cl2FN4O2. The summed E-state index contributed by atoms with van der Waals surface area (Å²) in [5.74, 6) is 0.186. The van der Waals surface area contributed by atoms with Crippen LogP contribution in [0.5, 0.6) is 0 Å². The van der Waals surface area contributed by atoms with E-state index in [0.717, 1.165) is 28.5 Å². The summed E-state index contributed by atoms with van der Waals surface area (Å²) in [5, 5.41) is 3.78. The fourth-order valence-corrected chi connectivity index (χ4v) is 5.41. The first-order valence-corrected chi connectivity index (χ1v) is 12.3. The molecule has 2 fully saturated rings. The Morgan fingerprint density at radius 3 is 2.81 bits per heavy atom. The zero-order chi connectivity index (χ0) is 24.9. The number of carbonyl (C=O) groups excluding carboxylic acids is 1. The van der Waals surface area contributed by atoms with Gasteiger partial charge in [0.1, 0.15) is 18.8 Å². The SMILES string of the molecule is O=C(OCc1ccccc1)N1C[C@@H]2C[C@]2(c2ccc3ncnc(Nc4ccc(Cl)c(Cl)c4F)c3c2)C1. The molecule has 2 heterocycles. The molecule has 0 unspecified atom stereocenters. The Bertz CT molecular complexity index is 1490. The van der Waals surface area contributed by atoms with Crippen LogP contribution in [-0.2, 0) is 16.8 Å². The number of anilines is 2. The first-order chi connectivity index (χ1) is 17.4. The molecule has 0 bridgehead atoms. The number of fused-ring (bicyclic) bond motifs is 2. The van der Waals surface area contributed by atoms with Crippen molar-refractivity contribution in [1.29, 1.82) is 0 Å². The van der Waals surface area contributed by atoms with Crippen molar-refractivity contribution in [3.8, 4) is 0 Å². The normalized spacial score (nSPS) is 20.3. The second-order valence-electron chi connectivity index (χ2n) is 9.28. The van der Waals surface area contributed by atoms with E-state index in [1.807, 2.05) is 42.5 Å². The Balaban J connectivity index is 1.23. The Morgan fingerprint density at radius 2 is 1.97 bits per heavy atom. The standard InChI is InChI=1S/C27H21Cl2FN4O2/c28-20-7-9-22(24(30)23(20)29)33-25-19-10-17(6-8-21(19)31-15-32-25)27-11-18(27)12-34(14-27)26(35)36-13-16-4-2-1-3-5-16/h1-10,15,18H,11-14H2,(H,31,32,33)/t18-,27+/m0/s1. The van der Waals surface area contributed by atoms with Crippen LogP contribution in [0.1, 0.15) is 17.5 Å². The fraction of sp³-hybridized carbons (Fsp3) is 0.222. The summed E-state index contributed by atoms with van der Waals surface area (Å²) < 4.78 is 20.2. The lowest BCUT2D eigenvalue weighted by molar-refractivity contribution is 0.0997. The summed E-state index contributed by atoms with van der Waals surface area (Å²) in [6, 6.07) is 18.7. The summed E-state index contributed by atoms with van der Waals surface area (Å²) in [6.45, 7) is 1.51. The molecule has 1 aromatic heterocycles. The zero-order valence-electron chi connectivity index (χ0n) is 19.0. The maximum atomic E-state index is 14.7. The summed E-state index contributed by atoms with van der Waals surface area (Å²) in [6.07, 6.45) is 2.13. The molecule has 6 rings (SSSR count). The molecule has 1 saturated carbocycles. The number of carbonyl (C=O) groups is 1. The van der Waals surface area contributed by atoms with Gasteiger partial charge in [-0.3, -0.25) is 0 Å². The number of nitrogens with zero attached hydrogens (tertiary/aromatic N) is 3. The number of piperidine rings is 1. The molecule has 1 aliphatic carbocycles. The number of benzene rings is 3. The van der Waals surface area contributed by atoms with Gasteiger partial charge in [0.25, 0.3) is 0 Å². The van der Waals surface area contributed by atoms with E-state index in [1.54, 1.807) is 4.90 Å². The molecule has 1 N–H and O–H groups in total. The summed E-state index contributed by atoms with van der Waals surface area (Å²) in [7, 11) is 0. The minimum atomic E-state index is -0.645. The minimum absolute atomic E-state index is 0.123. The van der Waals surface area contributed by atoms with E-state index in [-0.39, 0.29) is 33.8 Å². The molecule has 3 aromatic carbocycles. The van der Waals surface area contributed by atoms with Gasteiger partial charge in [0.15, 0.2) is 5.82 Å². The Morgan fingerprint density at radius 1 is 1.14 bits per heavy atom. The second-order valence-corrected chi connectivity index (χ2v) is 10.1. The van der Waals surface area contributed by atoms with Crippen LogP contribution in [0.25, 0.3) is 10.9 Å². The molecule has 0 radical (unpaired) electrons. The lowest BCUT2D eigenvalue weighted by Gasteiger charge is -2.21. The molecular weight excluding hydrogens is 502 g/mol. The summed E-state index contributed by atoms with van der Waals surface area (Å²) in [4.78, 5) is 23.2. The number of amides is 1. The smallest absolute Gasteiger partial charge is 0.410 e. The van der Waals surface area contributed by atoms with E-state index in [9.17, 15) is 9.18 Å². The van der Waals surface area contributed by atoms with Crippen LogP contribution in [0.4, 0.5) is 20.7 Å². The predicted octanol–water partition coefficient (Wildman–Crippen LogP) is 6.73. The molecule has 0 spiro atoms. The van der Waals surface area contributed by atoms with Gasteiger partial charge in [-0.05, 0) is 47.7 Å². The van der Waals surface area contributed by atoms with E-state index < -0.39 is 5.82 Å². The molecule has 6 nitrogen and oxygen atoms in total. The van der Waals surface area contributed by atoms with Crippen molar-refractivity contribution < 1.29 is 13.9 Å². The van der Waals surface area contributed by atoms with Gasteiger partial charge in [-0.25, -0.2) is 19.2 Å². The third kappa shape index (κ3) is 4.02. The number of ether oxygens (including phenoxy) is 1. The summed E-state index contributed by atoms with van der Waals surface area (Å²) >= 11 is 11.9. The van der Waals surface area contributed by atoms with Crippen LogP contribution in [0.15, 0.2) is 67.0 Å². The van der Waals surface area contributed by atoms with Crippen LogP contribution >= 0.6 is 23.2 Å². The van der Waals surface area contributed by atoms with Gasteiger partial charge in [-0.15, -0.1) is 0 Å². The lowest BCUT2D eigenvalue weighted by atomic mass is 9.93. The predicted molar refractivity (Wildman–Crippen MR) is 137 cm³/mol. The number of nitrogens with one attached hydrogen (secondary N) is 1. The Kier molecular flexibility index (Phi) is 5.69. The third-order valence-corrected chi connectivity index (χ3v) is 7.89. The van der Waals surface area contributed by atoms with Gasteiger partial charge >= 0.3 is 6.09 Å². The van der Waals surface area contributed by atoms with Crippen LogP contribution in [-0.4, -0.2) is 34.1 Å². The van der Waals surface area contributed by atoms with Crippen LogP contribution in [0.2, 0.25) is 10.0 Å². The van der Waals surface area contributed by atoms with Crippen molar-refractivity contribution in [2.24, 2.45) is 5.92 Å². The van der Waals surface area contributed by atoms with E-state index in [0.29, 0.717) is 24.8 Å². The van der Waals surface area contributed by atoms with Gasteiger partial charge in [0.2, 0.25) is 0 Å². The van der Waals surface area contributed by atoms with E-state index in [2.05, 4.69) is 21.4 Å². The third-order valence-electron chi connectivity index (χ3n) is 7.11. The molecule has 1 aliphatic heterocycles. The maximum absolute atomic E-state index is 14.7. The Hall–Kier alpha value is -3.42. The molecule has 182 valence electrons. The maximum Gasteiger partial charge on any atom is 0.410 e. The van der Waals surface area contributed by atoms with Crippen LogP contribution < -0.4 is 5.32 Å². The first-order valence-electron chi connectivity index (χ1n) is 11.6. The highest BCUT2D eigenvalue weighted by molar-refractivity contribution is 6.42. The van der Waals surface area contributed by atoms with Gasteiger partial charge < -0.3 is 15.0 Å². The van der Waals surface area contributed by atoms with Crippen molar-refractivity contribution in [3.05, 3.63) is 94.0 Å². The largest absolute Gasteiger partial charge is 0.445 e.